The minimum absolute atomic E-state index is 0.118. The molecule has 1 fully saturated rings. The molecular weight excluding hydrogens is 422 g/mol. The second-order valence-corrected chi connectivity index (χ2v) is 9.72. The van der Waals surface area contributed by atoms with Gasteiger partial charge in [0.15, 0.2) is 0 Å². The Balaban J connectivity index is 1.50. The molecule has 1 aliphatic rings. The fourth-order valence-electron chi connectivity index (χ4n) is 3.93. The summed E-state index contributed by atoms with van der Waals surface area (Å²) in [5.74, 6) is -0.148. The normalized spacial score (nSPS) is 14.3. The van der Waals surface area contributed by atoms with Gasteiger partial charge in [-0.3, -0.25) is 9.52 Å². The van der Waals surface area contributed by atoms with Crippen LogP contribution in [0.2, 0.25) is 0 Å². The van der Waals surface area contributed by atoms with Gasteiger partial charge in [-0.15, -0.1) is 0 Å². The summed E-state index contributed by atoms with van der Waals surface area (Å²) in [6, 6.07) is 22.2. The lowest BCUT2D eigenvalue weighted by atomic mass is 10.1. The highest BCUT2D eigenvalue weighted by molar-refractivity contribution is 7.92. The number of carbonyl (C=O) groups excluding carboxylic acids is 1. The van der Waals surface area contributed by atoms with E-state index < -0.39 is 10.0 Å². The lowest BCUT2D eigenvalue weighted by molar-refractivity contribution is 0.0746. The molecular formula is C25H27N3O3S. The van der Waals surface area contributed by atoms with Crippen molar-refractivity contribution >= 4 is 27.3 Å². The summed E-state index contributed by atoms with van der Waals surface area (Å²) in [4.78, 5) is 17.3. The summed E-state index contributed by atoms with van der Waals surface area (Å²) >= 11 is 0. The minimum atomic E-state index is -3.82. The molecule has 0 bridgehead atoms. The van der Waals surface area contributed by atoms with Crippen LogP contribution in [0.15, 0.2) is 77.7 Å². The summed E-state index contributed by atoms with van der Waals surface area (Å²) in [6.07, 6.45) is 0. The summed E-state index contributed by atoms with van der Waals surface area (Å²) in [6.45, 7) is 6.29. The molecule has 32 heavy (non-hydrogen) atoms. The third-order valence-corrected chi connectivity index (χ3v) is 7.21. The van der Waals surface area contributed by atoms with Crippen LogP contribution in [0, 0.1) is 13.8 Å². The van der Waals surface area contributed by atoms with Gasteiger partial charge in [0.05, 0.1) is 4.90 Å². The zero-order valence-corrected chi connectivity index (χ0v) is 19.1. The maximum Gasteiger partial charge on any atom is 0.262 e. The summed E-state index contributed by atoms with van der Waals surface area (Å²) in [7, 11) is -3.82. The van der Waals surface area contributed by atoms with Crippen LogP contribution in [0.3, 0.4) is 0 Å². The van der Waals surface area contributed by atoms with E-state index in [1.807, 2.05) is 31.2 Å². The van der Waals surface area contributed by atoms with Crippen molar-refractivity contribution in [3.05, 3.63) is 89.5 Å². The first-order valence-corrected chi connectivity index (χ1v) is 12.1. The van der Waals surface area contributed by atoms with Crippen molar-refractivity contribution in [1.29, 1.82) is 0 Å². The Morgan fingerprint density at radius 2 is 1.56 bits per heavy atom. The van der Waals surface area contributed by atoms with E-state index in [0.717, 1.165) is 24.3 Å². The molecule has 166 valence electrons. The summed E-state index contributed by atoms with van der Waals surface area (Å²) in [5.41, 5.74) is 3.58. The molecule has 3 aromatic rings. The molecule has 1 saturated heterocycles. The number of hydrogen-bond donors (Lipinski definition) is 1. The minimum Gasteiger partial charge on any atom is -0.368 e. The van der Waals surface area contributed by atoms with Crippen LogP contribution in [0.25, 0.3) is 0 Å². The van der Waals surface area contributed by atoms with E-state index in [1.165, 1.54) is 6.07 Å². The molecule has 6 nitrogen and oxygen atoms in total. The second-order valence-electron chi connectivity index (χ2n) is 8.07. The molecule has 3 aromatic carbocycles. The first kappa shape index (κ1) is 21.9. The molecule has 7 heteroatoms. The number of nitrogens with one attached hydrogen (secondary N) is 1. The number of aryl methyl sites for hydroxylation is 2. The first-order valence-electron chi connectivity index (χ1n) is 10.6. The van der Waals surface area contributed by atoms with Gasteiger partial charge in [0.25, 0.3) is 15.9 Å². The number of sulfonamides is 1. The Hall–Kier alpha value is -3.32. The van der Waals surface area contributed by atoms with Gasteiger partial charge >= 0.3 is 0 Å². The molecule has 0 spiro atoms. The third kappa shape index (κ3) is 4.78. The zero-order chi connectivity index (χ0) is 22.7. The van der Waals surface area contributed by atoms with Gasteiger partial charge in [0, 0.05) is 43.1 Å². The molecule has 0 aliphatic carbocycles. The maximum atomic E-state index is 13.1. The van der Waals surface area contributed by atoms with Crippen molar-refractivity contribution in [2.45, 2.75) is 18.7 Å². The van der Waals surface area contributed by atoms with Crippen molar-refractivity contribution in [3.8, 4) is 0 Å². The standard InChI is InChI=1S/C25H27N3O3S/c1-19-7-6-8-22(17-19)26-32(30,31)24-18-21(12-11-20(24)2)25(29)28-15-13-27(14-16-28)23-9-4-3-5-10-23/h3-12,17-18,26H,13-16H2,1-2H3. The fraction of sp³-hybridized carbons (Fsp3) is 0.240. The van der Waals surface area contributed by atoms with Gasteiger partial charge in [0.1, 0.15) is 0 Å². The number of benzene rings is 3. The van der Waals surface area contributed by atoms with Crippen molar-refractivity contribution in [1.82, 2.24) is 4.90 Å². The number of carbonyl (C=O) groups is 1. The van der Waals surface area contributed by atoms with Crippen molar-refractivity contribution in [2.24, 2.45) is 0 Å². The molecule has 1 heterocycles. The van der Waals surface area contributed by atoms with Crippen LogP contribution in [0.5, 0.6) is 0 Å². The van der Waals surface area contributed by atoms with Crippen LogP contribution < -0.4 is 9.62 Å². The third-order valence-electron chi connectivity index (χ3n) is 5.68. The predicted molar refractivity (Wildman–Crippen MR) is 128 cm³/mol. The van der Waals surface area contributed by atoms with E-state index in [1.54, 1.807) is 42.2 Å². The number of piperazine rings is 1. The lowest BCUT2D eigenvalue weighted by Gasteiger charge is -2.36. The van der Waals surface area contributed by atoms with Gasteiger partial charge in [-0.1, -0.05) is 36.4 Å². The highest BCUT2D eigenvalue weighted by atomic mass is 32.2. The fourth-order valence-corrected chi connectivity index (χ4v) is 5.25. The molecule has 1 amide bonds. The molecule has 0 atom stereocenters. The van der Waals surface area contributed by atoms with E-state index in [-0.39, 0.29) is 10.8 Å². The Morgan fingerprint density at radius 1 is 0.844 bits per heavy atom. The molecule has 0 radical (unpaired) electrons. The molecule has 1 aliphatic heterocycles. The maximum absolute atomic E-state index is 13.1. The quantitative estimate of drug-likeness (QED) is 0.638. The first-order chi connectivity index (χ1) is 15.3. The molecule has 0 aromatic heterocycles. The van der Waals surface area contributed by atoms with Crippen LogP contribution in [0.4, 0.5) is 11.4 Å². The van der Waals surface area contributed by atoms with Crippen LogP contribution in [-0.2, 0) is 10.0 Å². The molecule has 4 rings (SSSR count). The SMILES string of the molecule is Cc1cccc(NS(=O)(=O)c2cc(C(=O)N3CCN(c4ccccc4)CC3)ccc2C)c1. The zero-order valence-electron chi connectivity index (χ0n) is 18.3. The van der Waals surface area contributed by atoms with Gasteiger partial charge in [0.2, 0.25) is 0 Å². The van der Waals surface area contributed by atoms with Crippen molar-refractivity contribution in [2.75, 3.05) is 35.8 Å². The smallest absolute Gasteiger partial charge is 0.262 e. The van der Waals surface area contributed by atoms with Gasteiger partial charge in [-0.05, 0) is 61.4 Å². The van der Waals surface area contributed by atoms with Gasteiger partial charge < -0.3 is 9.80 Å². The average molecular weight is 450 g/mol. The Morgan fingerprint density at radius 3 is 2.25 bits per heavy atom. The lowest BCUT2D eigenvalue weighted by Crippen LogP contribution is -2.48. The van der Waals surface area contributed by atoms with E-state index >= 15 is 0 Å². The van der Waals surface area contributed by atoms with Crippen LogP contribution in [0.1, 0.15) is 21.5 Å². The highest BCUT2D eigenvalue weighted by Crippen LogP contribution is 2.23. The van der Waals surface area contributed by atoms with E-state index in [2.05, 4.69) is 21.8 Å². The van der Waals surface area contributed by atoms with Crippen LogP contribution >= 0.6 is 0 Å². The van der Waals surface area contributed by atoms with E-state index in [4.69, 9.17) is 0 Å². The van der Waals surface area contributed by atoms with Crippen molar-refractivity contribution < 1.29 is 13.2 Å². The van der Waals surface area contributed by atoms with Gasteiger partial charge in [-0.2, -0.15) is 0 Å². The second kappa shape index (κ2) is 9.04. The van der Waals surface area contributed by atoms with Crippen molar-refractivity contribution in [3.63, 3.8) is 0 Å². The van der Waals surface area contributed by atoms with Gasteiger partial charge in [-0.25, -0.2) is 8.42 Å². The highest BCUT2D eigenvalue weighted by Gasteiger charge is 2.25. The Labute approximate surface area is 189 Å². The topological polar surface area (TPSA) is 69.7 Å². The monoisotopic (exact) mass is 449 g/mol. The molecule has 1 N–H and O–H groups in total. The number of hydrogen-bond acceptors (Lipinski definition) is 4. The number of rotatable bonds is 5. The van der Waals surface area contributed by atoms with E-state index in [9.17, 15) is 13.2 Å². The van der Waals surface area contributed by atoms with E-state index in [0.29, 0.717) is 29.9 Å². The Bertz CT molecular complexity index is 1220. The summed E-state index contributed by atoms with van der Waals surface area (Å²) in [5, 5.41) is 0. The summed E-state index contributed by atoms with van der Waals surface area (Å²) < 4.78 is 28.7. The number of anilines is 2. The average Bonchev–Trinajstić information content (AvgIpc) is 2.79. The van der Waals surface area contributed by atoms with Crippen LogP contribution in [-0.4, -0.2) is 45.4 Å². The number of amides is 1. The number of para-hydroxylation sites is 1. The molecule has 0 unspecified atom stereocenters. The Kier molecular flexibility index (Phi) is 6.19. The molecule has 0 saturated carbocycles. The predicted octanol–water partition coefficient (Wildman–Crippen LogP) is 4.07. The number of nitrogens with zero attached hydrogens (tertiary/aromatic N) is 2. The largest absolute Gasteiger partial charge is 0.368 e.